The van der Waals surface area contributed by atoms with Gasteiger partial charge in [-0.3, -0.25) is 0 Å². The minimum Gasteiger partial charge on any atom is -0.435 e. The molecule has 0 aliphatic heterocycles. The van der Waals surface area contributed by atoms with Crippen molar-refractivity contribution in [3.63, 3.8) is 0 Å². The van der Waals surface area contributed by atoms with Gasteiger partial charge in [0.1, 0.15) is 5.75 Å². The monoisotopic (exact) mass is 331 g/mol. The number of amides is 2. The number of ether oxygens (including phenoxy) is 1. The third kappa shape index (κ3) is 4.95. The van der Waals surface area contributed by atoms with Crippen LogP contribution < -0.4 is 10.1 Å². The first-order chi connectivity index (χ1) is 11.5. The van der Waals surface area contributed by atoms with Crippen LogP contribution in [0.3, 0.4) is 0 Å². The predicted molar refractivity (Wildman–Crippen MR) is 84.7 cm³/mol. The first-order valence-electron chi connectivity index (χ1n) is 7.04. The Bertz CT molecular complexity index is 725. The lowest BCUT2D eigenvalue weighted by Crippen LogP contribution is -2.30. The molecule has 5 nitrogen and oxygen atoms in total. The summed E-state index contributed by atoms with van der Waals surface area (Å²) in [5.41, 5.74) is 1.85. The van der Waals surface area contributed by atoms with Crippen LogP contribution in [0, 0.1) is 11.3 Å². The molecular formula is C17H15F2N3O2. The molecule has 0 radical (unpaired) electrons. The fourth-order valence-electron chi connectivity index (χ4n) is 1.97. The maximum atomic E-state index is 12.1. The van der Waals surface area contributed by atoms with Crippen LogP contribution in [0.15, 0.2) is 48.5 Å². The average Bonchev–Trinajstić information content (AvgIpc) is 2.56. The molecule has 0 unspecified atom stereocenters. The fourth-order valence-corrected chi connectivity index (χ4v) is 1.97. The highest BCUT2D eigenvalue weighted by Crippen LogP contribution is 2.16. The summed E-state index contributed by atoms with van der Waals surface area (Å²) in [6.07, 6.45) is 0. The third-order valence-electron chi connectivity index (χ3n) is 3.18. The molecule has 0 aliphatic carbocycles. The average molecular weight is 331 g/mol. The van der Waals surface area contributed by atoms with Crippen molar-refractivity contribution in [2.75, 3.05) is 12.4 Å². The van der Waals surface area contributed by atoms with Crippen molar-refractivity contribution in [1.82, 2.24) is 4.90 Å². The zero-order valence-corrected chi connectivity index (χ0v) is 12.9. The zero-order valence-electron chi connectivity index (χ0n) is 12.9. The van der Waals surface area contributed by atoms with E-state index in [-0.39, 0.29) is 11.8 Å². The van der Waals surface area contributed by atoms with E-state index in [1.54, 1.807) is 43.4 Å². The van der Waals surface area contributed by atoms with Crippen molar-refractivity contribution in [1.29, 1.82) is 5.26 Å². The largest absolute Gasteiger partial charge is 0.435 e. The number of urea groups is 1. The van der Waals surface area contributed by atoms with Gasteiger partial charge in [0, 0.05) is 19.3 Å². The van der Waals surface area contributed by atoms with Gasteiger partial charge in [-0.05, 0) is 42.0 Å². The van der Waals surface area contributed by atoms with Gasteiger partial charge >= 0.3 is 12.6 Å². The number of benzene rings is 2. The maximum absolute atomic E-state index is 12.1. The molecule has 0 heterocycles. The van der Waals surface area contributed by atoms with Crippen LogP contribution in [0.2, 0.25) is 0 Å². The predicted octanol–water partition coefficient (Wildman–Crippen LogP) is 3.82. The highest BCUT2D eigenvalue weighted by molar-refractivity contribution is 5.89. The summed E-state index contributed by atoms with van der Waals surface area (Å²) in [4.78, 5) is 13.6. The Morgan fingerprint density at radius 1 is 1.21 bits per heavy atom. The number of alkyl halides is 2. The second kappa shape index (κ2) is 7.92. The van der Waals surface area contributed by atoms with E-state index in [9.17, 15) is 13.6 Å². The van der Waals surface area contributed by atoms with Gasteiger partial charge < -0.3 is 15.0 Å². The van der Waals surface area contributed by atoms with Gasteiger partial charge in [0.2, 0.25) is 0 Å². The van der Waals surface area contributed by atoms with E-state index in [2.05, 4.69) is 10.1 Å². The molecule has 0 spiro atoms. The summed E-state index contributed by atoms with van der Waals surface area (Å²) in [6, 6.07) is 14.2. The summed E-state index contributed by atoms with van der Waals surface area (Å²) in [6.45, 7) is -2.56. The van der Waals surface area contributed by atoms with Gasteiger partial charge in [-0.2, -0.15) is 14.0 Å². The van der Waals surface area contributed by atoms with E-state index >= 15 is 0 Å². The lowest BCUT2D eigenvalue weighted by atomic mass is 10.2. The smallest absolute Gasteiger partial charge is 0.387 e. The van der Waals surface area contributed by atoms with E-state index < -0.39 is 6.61 Å². The molecule has 2 rings (SSSR count). The second-order valence-electron chi connectivity index (χ2n) is 5.00. The Morgan fingerprint density at radius 3 is 2.38 bits per heavy atom. The summed E-state index contributed by atoms with van der Waals surface area (Å²) < 4.78 is 28.5. The number of hydrogen-bond donors (Lipinski definition) is 1. The Labute approximate surface area is 138 Å². The molecule has 0 atom stereocenters. The van der Waals surface area contributed by atoms with Gasteiger partial charge in [-0.25, -0.2) is 4.79 Å². The van der Waals surface area contributed by atoms with E-state index in [1.807, 2.05) is 6.07 Å². The van der Waals surface area contributed by atoms with E-state index in [1.165, 1.54) is 17.0 Å². The lowest BCUT2D eigenvalue weighted by molar-refractivity contribution is -0.0498. The molecule has 1 N–H and O–H groups in total. The van der Waals surface area contributed by atoms with Crippen LogP contribution in [0.5, 0.6) is 5.75 Å². The van der Waals surface area contributed by atoms with Crippen molar-refractivity contribution in [3.8, 4) is 11.8 Å². The number of anilines is 1. The Balaban J connectivity index is 1.92. The van der Waals surface area contributed by atoms with Gasteiger partial charge in [0.25, 0.3) is 0 Å². The molecule has 2 aromatic carbocycles. The second-order valence-corrected chi connectivity index (χ2v) is 5.00. The van der Waals surface area contributed by atoms with E-state index in [0.29, 0.717) is 17.8 Å². The Kier molecular flexibility index (Phi) is 5.68. The number of carbonyl (C=O) groups is 1. The van der Waals surface area contributed by atoms with Crippen molar-refractivity contribution >= 4 is 11.7 Å². The SMILES string of the molecule is CN(Cc1ccc(OC(F)F)cc1)C(=O)Nc1ccc(C#N)cc1. The highest BCUT2D eigenvalue weighted by atomic mass is 19.3. The van der Waals surface area contributed by atoms with Gasteiger partial charge in [0.05, 0.1) is 11.6 Å². The van der Waals surface area contributed by atoms with Crippen molar-refractivity contribution < 1.29 is 18.3 Å². The van der Waals surface area contributed by atoms with Crippen LogP contribution in [0.4, 0.5) is 19.3 Å². The summed E-state index contributed by atoms with van der Waals surface area (Å²) in [7, 11) is 1.61. The topological polar surface area (TPSA) is 65.4 Å². The van der Waals surface area contributed by atoms with Gasteiger partial charge in [-0.1, -0.05) is 12.1 Å². The third-order valence-corrected chi connectivity index (χ3v) is 3.18. The standard InChI is InChI=1S/C17H15F2N3O2/c1-22(11-13-4-8-15(9-5-13)24-16(18)19)17(23)21-14-6-2-12(10-20)3-7-14/h2-9,16H,11H2,1H3,(H,21,23). The van der Waals surface area contributed by atoms with Crippen LogP contribution >= 0.6 is 0 Å². The number of nitriles is 1. The van der Waals surface area contributed by atoms with Crippen LogP contribution in [0.1, 0.15) is 11.1 Å². The molecule has 2 aromatic rings. The molecule has 0 aromatic heterocycles. The van der Waals surface area contributed by atoms with Crippen LogP contribution in [0.25, 0.3) is 0 Å². The highest BCUT2D eigenvalue weighted by Gasteiger charge is 2.10. The molecule has 124 valence electrons. The minimum absolute atomic E-state index is 0.0680. The molecule has 0 fully saturated rings. The summed E-state index contributed by atoms with van der Waals surface area (Å²) in [5, 5.41) is 11.4. The van der Waals surface area contributed by atoms with Crippen molar-refractivity contribution in [2.45, 2.75) is 13.2 Å². The summed E-state index contributed by atoms with van der Waals surface area (Å²) in [5.74, 6) is 0.0680. The van der Waals surface area contributed by atoms with E-state index in [0.717, 1.165) is 5.56 Å². The van der Waals surface area contributed by atoms with E-state index in [4.69, 9.17) is 5.26 Å². The van der Waals surface area contributed by atoms with Crippen LogP contribution in [-0.2, 0) is 6.54 Å². The lowest BCUT2D eigenvalue weighted by Gasteiger charge is -2.18. The van der Waals surface area contributed by atoms with Crippen LogP contribution in [-0.4, -0.2) is 24.6 Å². The van der Waals surface area contributed by atoms with Crippen molar-refractivity contribution in [3.05, 3.63) is 59.7 Å². The first-order valence-corrected chi connectivity index (χ1v) is 7.04. The molecule has 0 saturated heterocycles. The number of halogens is 2. The van der Waals surface area contributed by atoms with Gasteiger partial charge in [0.15, 0.2) is 0 Å². The molecule has 0 saturated carbocycles. The molecule has 7 heteroatoms. The number of rotatable bonds is 5. The fraction of sp³-hybridized carbons (Fsp3) is 0.176. The molecular weight excluding hydrogens is 316 g/mol. The maximum Gasteiger partial charge on any atom is 0.387 e. The number of nitrogens with zero attached hydrogens (tertiary/aromatic N) is 2. The Hall–Kier alpha value is -3.14. The molecule has 0 bridgehead atoms. The van der Waals surface area contributed by atoms with Crippen molar-refractivity contribution in [2.24, 2.45) is 0 Å². The van der Waals surface area contributed by atoms with Gasteiger partial charge in [-0.15, -0.1) is 0 Å². The number of nitrogens with one attached hydrogen (secondary N) is 1. The molecule has 24 heavy (non-hydrogen) atoms. The Morgan fingerprint density at radius 2 is 1.83 bits per heavy atom. The normalized spacial score (nSPS) is 10.1. The molecule has 0 aliphatic rings. The quantitative estimate of drug-likeness (QED) is 0.906. The number of carbonyl (C=O) groups excluding carboxylic acids is 1. The summed E-state index contributed by atoms with van der Waals surface area (Å²) >= 11 is 0. The first kappa shape index (κ1) is 17.2. The molecule has 2 amide bonds. The zero-order chi connectivity index (χ0) is 17.5. The minimum atomic E-state index is -2.86. The number of hydrogen-bond acceptors (Lipinski definition) is 3.